The van der Waals surface area contributed by atoms with Crippen molar-refractivity contribution in [1.29, 1.82) is 0 Å². The molecule has 0 fully saturated rings. The number of aryl methyl sites for hydroxylation is 2. The number of hydrogen-bond donors (Lipinski definition) is 2. The van der Waals surface area contributed by atoms with Crippen LogP contribution in [0.15, 0.2) is 61.1 Å². The van der Waals surface area contributed by atoms with Gasteiger partial charge in [0.25, 0.3) is 0 Å². The zero-order valence-electron chi connectivity index (χ0n) is 21.3. The van der Waals surface area contributed by atoms with Crippen molar-refractivity contribution in [3.8, 4) is 17.4 Å². The topological polar surface area (TPSA) is 117 Å². The van der Waals surface area contributed by atoms with E-state index in [1.807, 2.05) is 44.2 Å². The van der Waals surface area contributed by atoms with Crippen LogP contribution in [0.3, 0.4) is 0 Å². The molecular weight excluding hydrogens is 489 g/mol. The van der Waals surface area contributed by atoms with Crippen LogP contribution >= 0.6 is 0 Å². The molecule has 3 aromatic heterocycles. The summed E-state index contributed by atoms with van der Waals surface area (Å²) >= 11 is 0. The van der Waals surface area contributed by atoms with Gasteiger partial charge in [-0.3, -0.25) is 4.79 Å². The van der Waals surface area contributed by atoms with Gasteiger partial charge in [0, 0.05) is 22.2 Å². The maximum Gasteiger partial charge on any atom is 0.323 e. The number of esters is 1. The van der Waals surface area contributed by atoms with Gasteiger partial charge in [0.1, 0.15) is 36.3 Å². The molecule has 0 saturated carbocycles. The first kappa shape index (κ1) is 25.2. The molecular formula is C28H28FN5O4. The average Bonchev–Trinajstić information content (AvgIpc) is 3.45. The molecule has 0 bridgehead atoms. The van der Waals surface area contributed by atoms with E-state index in [1.54, 1.807) is 35.8 Å². The number of carbonyl (C=O) groups excluding carboxylic acids is 1. The molecule has 2 aromatic carbocycles. The van der Waals surface area contributed by atoms with Gasteiger partial charge in [0.15, 0.2) is 11.6 Å². The fourth-order valence-corrected chi connectivity index (χ4v) is 4.27. The molecule has 0 aliphatic carbocycles. The molecule has 5 rings (SSSR count). The van der Waals surface area contributed by atoms with Crippen LogP contribution in [0.2, 0.25) is 0 Å². The quantitative estimate of drug-likeness (QED) is 0.274. The van der Waals surface area contributed by atoms with E-state index in [0.29, 0.717) is 34.2 Å². The number of aromatic amines is 1. The summed E-state index contributed by atoms with van der Waals surface area (Å²) in [6.45, 7) is 5.51. The second-order valence-electron chi connectivity index (χ2n) is 9.22. The van der Waals surface area contributed by atoms with E-state index in [1.165, 1.54) is 6.33 Å². The Bertz CT molecular complexity index is 1600. The largest absolute Gasteiger partial charge is 0.488 e. The number of rotatable bonds is 9. The lowest BCUT2D eigenvalue weighted by atomic mass is 10.1. The van der Waals surface area contributed by atoms with E-state index >= 15 is 4.39 Å². The highest BCUT2D eigenvalue weighted by Gasteiger charge is 2.21. The Hall–Kier alpha value is -4.44. The van der Waals surface area contributed by atoms with Crippen molar-refractivity contribution in [2.24, 2.45) is 5.73 Å². The third kappa shape index (κ3) is 5.16. The SMILES string of the molecule is Cc1cc2c(F)c(Oc3ncnn4cc(OC[C@@H](C)OC(=O)[C@H](N)Cc5ccccc5)c(C)c34)ccc2[nH]1. The normalized spacial score (nSPS) is 13.0. The lowest BCUT2D eigenvalue weighted by Gasteiger charge is -2.17. The molecule has 3 heterocycles. The van der Waals surface area contributed by atoms with Crippen molar-refractivity contribution in [3.63, 3.8) is 0 Å². The third-order valence-corrected chi connectivity index (χ3v) is 6.18. The summed E-state index contributed by atoms with van der Waals surface area (Å²) in [5.41, 5.74) is 9.74. The highest BCUT2D eigenvalue weighted by atomic mass is 19.1. The number of hydrogen-bond acceptors (Lipinski definition) is 7. The molecule has 0 aliphatic heterocycles. The minimum absolute atomic E-state index is 0.0487. The van der Waals surface area contributed by atoms with Crippen LogP contribution in [0.25, 0.3) is 16.4 Å². The highest BCUT2D eigenvalue weighted by molar-refractivity contribution is 5.83. The lowest BCUT2D eigenvalue weighted by molar-refractivity contribution is -0.151. The van der Waals surface area contributed by atoms with E-state index in [-0.39, 0.29) is 18.2 Å². The van der Waals surface area contributed by atoms with Crippen molar-refractivity contribution in [2.75, 3.05) is 6.61 Å². The van der Waals surface area contributed by atoms with E-state index in [0.717, 1.165) is 11.3 Å². The molecule has 0 amide bonds. The first-order chi connectivity index (χ1) is 18.3. The Balaban J connectivity index is 1.27. The maximum atomic E-state index is 15.1. The summed E-state index contributed by atoms with van der Waals surface area (Å²) in [4.78, 5) is 19.8. The van der Waals surface area contributed by atoms with Gasteiger partial charge in [0.2, 0.25) is 5.88 Å². The number of aromatic nitrogens is 4. The van der Waals surface area contributed by atoms with Gasteiger partial charge in [0.05, 0.1) is 6.20 Å². The van der Waals surface area contributed by atoms with Crippen LogP contribution in [0.5, 0.6) is 17.4 Å². The number of carbonyl (C=O) groups is 1. The second kappa shape index (κ2) is 10.5. The van der Waals surface area contributed by atoms with Crippen LogP contribution < -0.4 is 15.2 Å². The molecule has 5 aromatic rings. The molecule has 0 aliphatic rings. The summed E-state index contributed by atoms with van der Waals surface area (Å²) < 4.78 is 33.9. The zero-order valence-corrected chi connectivity index (χ0v) is 21.3. The predicted molar refractivity (Wildman–Crippen MR) is 140 cm³/mol. The smallest absolute Gasteiger partial charge is 0.323 e. The number of ether oxygens (including phenoxy) is 3. The van der Waals surface area contributed by atoms with Crippen molar-refractivity contribution < 1.29 is 23.4 Å². The van der Waals surface area contributed by atoms with Gasteiger partial charge in [-0.15, -0.1) is 0 Å². The zero-order chi connectivity index (χ0) is 26.8. The van der Waals surface area contributed by atoms with Crippen LogP contribution in [0.1, 0.15) is 23.7 Å². The molecule has 3 N–H and O–H groups in total. The minimum Gasteiger partial charge on any atom is -0.488 e. The van der Waals surface area contributed by atoms with E-state index in [2.05, 4.69) is 15.1 Å². The van der Waals surface area contributed by atoms with Crippen LogP contribution in [-0.4, -0.2) is 44.3 Å². The van der Waals surface area contributed by atoms with Crippen molar-refractivity contribution in [2.45, 2.75) is 39.3 Å². The number of nitrogens with two attached hydrogens (primary N) is 1. The Morgan fingerprint density at radius 3 is 2.74 bits per heavy atom. The molecule has 38 heavy (non-hydrogen) atoms. The fraction of sp³-hybridized carbons (Fsp3) is 0.250. The summed E-state index contributed by atoms with van der Waals surface area (Å²) in [6, 6.07) is 13.8. The number of nitrogens with one attached hydrogen (secondary N) is 1. The summed E-state index contributed by atoms with van der Waals surface area (Å²) in [5.74, 6) is -0.243. The Morgan fingerprint density at radius 1 is 1.16 bits per heavy atom. The molecule has 0 unspecified atom stereocenters. The van der Waals surface area contributed by atoms with Gasteiger partial charge >= 0.3 is 5.97 Å². The van der Waals surface area contributed by atoms with E-state index < -0.39 is 23.9 Å². The van der Waals surface area contributed by atoms with E-state index in [4.69, 9.17) is 19.9 Å². The molecule has 196 valence electrons. The van der Waals surface area contributed by atoms with Gasteiger partial charge < -0.3 is 24.9 Å². The van der Waals surface area contributed by atoms with Gasteiger partial charge in [-0.05, 0) is 51.0 Å². The first-order valence-corrected chi connectivity index (χ1v) is 12.2. The fourth-order valence-electron chi connectivity index (χ4n) is 4.27. The van der Waals surface area contributed by atoms with Crippen molar-refractivity contribution >= 4 is 22.4 Å². The molecule has 9 nitrogen and oxygen atoms in total. The predicted octanol–water partition coefficient (Wildman–Crippen LogP) is 4.64. The van der Waals surface area contributed by atoms with Crippen LogP contribution in [-0.2, 0) is 16.0 Å². The Labute approximate surface area is 218 Å². The number of halogens is 1. The van der Waals surface area contributed by atoms with Gasteiger partial charge in [-0.25, -0.2) is 8.91 Å². The molecule has 10 heteroatoms. The standard InChI is InChI=1S/C28H28FN5O4/c1-16-11-20-22(33-16)9-10-23(25(20)29)38-27-26-18(3)24(13-34(26)32-15-31-27)36-14-17(2)37-28(35)21(30)12-19-7-5-4-6-8-19/h4-11,13,15,17,21,33H,12,14,30H2,1-3H3/t17-,21-/m1/s1. The Kier molecular flexibility index (Phi) is 6.97. The summed E-state index contributed by atoms with van der Waals surface area (Å²) in [6.07, 6.45) is 2.83. The second-order valence-corrected chi connectivity index (χ2v) is 9.22. The van der Waals surface area contributed by atoms with Gasteiger partial charge in [-0.1, -0.05) is 30.3 Å². The minimum atomic E-state index is -0.775. The van der Waals surface area contributed by atoms with Crippen LogP contribution in [0, 0.1) is 19.7 Å². The summed E-state index contributed by atoms with van der Waals surface area (Å²) in [5, 5.41) is 4.66. The third-order valence-electron chi connectivity index (χ3n) is 6.18. The Morgan fingerprint density at radius 2 is 1.95 bits per heavy atom. The molecule has 0 saturated heterocycles. The number of benzene rings is 2. The van der Waals surface area contributed by atoms with Crippen molar-refractivity contribution in [3.05, 3.63) is 83.7 Å². The maximum absolute atomic E-state index is 15.1. The number of fused-ring (bicyclic) bond motifs is 2. The summed E-state index contributed by atoms with van der Waals surface area (Å²) in [7, 11) is 0. The molecule has 0 radical (unpaired) electrons. The number of nitrogens with zero attached hydrogens (tertiary/aromatic N) is 3. The molecule has 0 spiro atoms. The lowest BCUT2D eigenvalue weighted by Crippen LogP contribution is -2.37. The monoisotopic (exact) mass is 517 g/mol. The van der Waals surface area contributed by atoms with E-state index in [9.17, 15) is 4.79 Å². The van der Waals surface area contributed by atoms with Gasteiger partial charge in [-0.2, -0.15) is 10.1 Å². The highest BCUT2D eigenvalue weighted by Crippen LogP contribution is 2.34. The van der Waals surface area contributed by atoms with Crippen LogP contribution in [0.4, 0.5) is 4.39 Å². The number of H-pyrrole nitrogens is 1. The average molecular weight is 518 g/mol. The van der Waals surface area contributed by atoms with Crippen molar-refractivity contribution in [1.82, 2.24) is 19.6 Å². The molecule has 2 atom stereocenters. The first-order valence-electron chi connectivity index (χ1n) is 12.2.